The standard InChI is InChI=1S/C21H18F2N4OS/c1-3-13-5-4-6-17-19(13)24-21(29-17)25-20(28)18-15(22)11-14(12-16(18)23)27-9-7-26(2)8-10-27/h1,4-6,11-12H,7-10H2,2H3,(H,24,25,28). The van der Waals surface area contributed by atoms with Crippen molar-refractivity contribution in [1.29, 1.82) is 0 Å². The Labute approximate surface area is 171 Å². The van der Waals surface area contributed by atoms with Crippen LogP contribution in [0.3, 0.4) is 0 Å². The molecule has 5 nitrogen and oxygen atoms in total. The summed E-state index contributed by atoms with van der Waals surface area (Å²) in [7, 11) is 2.00. The Morgan fingerprint density at radius 2 is 1.90 bits per heavy atom. The van der Waals surface area contributed by atoms with Gasteiger partial charge in [-0.15, -0.1) is 6.42 Å². The number of fused-ring (bicyclic) bond motifs is 1. The summed E-state index contributed by atoms with van der Waals surface area (Å²) in [5.41, 5.74) is 0.970. The van der Waals surface area contributed by atoms with Gasteiger partial charge in [-0.25, -0.2) is 13.8 Å². The molecule has 1 aliphatic rings. The fourth-order valence-electron chi connectivity index (χ4n) is 3.30. The molecule has 0 bridgehead atoms. The van der Waals surface area contributed by atoms with E-state index < -0.39 is 23.1 Å². The maximum Gasteiger partial charge on any atom is 0.263 e. The Hall–Kier alpha value is -3.02. The molecule has 0 spiro atoms. The first kappa shape index (κ1) is 19.3. The number of para-hydroxylation sites is 1. The van der Waals surface area contributed by atoms with Crippen LogP contribution in [0.15, 0.2) is 30.3 Å². The van der Waals surface area contributed by atoms with Gasteiger partial charge in [-0.05, 0) is 31.3 Å². The average molecular weight is 412 g/mol. The molecule has 8 heteroatoms. The van der Waals surface area contributed by atoms with Gasteiger partial charge >= 0.3 is 0 Å². The third kappa shape index (κ3) is 3.79. The van der Waals surface area contributed by atoms with Crippen LogP contribution in [-0.2, 0) is 0 Å². The lowest BCUT2D eigenvalue weighted by atomic mass is 10.1. The summed E-state index contributed by atoms with van der Waals surface area (Å²) in [4.78, 5) is 20.9. The minimum absolute atomic E-state index is 0.231. The number of carbonyl (C=O) groups is 1. The number of thiazole rings is 1. The van der Waals surface area contributed by atoms with Gasteiger partial charge in [0.25, 0.3) is 5.91 Å². The number of anilines is 2. The first-order valence-electron chi connectivity index (χ1n) is 9.06. The molecule has 1 N–H and O–H groups in total. The van der Waals surface area contributed by atoms with Gasteiger partial charge in [0.05, 0.1) is 15.8 Å². The highest BCUT2D eigenvalue weighted by atomic mass is 32.1. The van der Waals surface area contributed by atoms with Gasteiger partial charge in [0.1, 0.15) is 17.2 Å². The molecule has 1 aromatic heterocycles. The topological polar surface area (TPSA) is 48.5 Å². The van der Waals surface area contributed by atoms with Crippen LogP contribution in [0.2, 0.25) is 0 Å². The van der Waals surface area contributed by atoms with Crippen LogP contribution in [0, 0.1) is 24.0 Å². The van der Waals surface area contributed by atoms with Crippen LogP contribution in [0.1, 0.15) is 15.9 Å². The number of nitrogens with one attached hydrogen (secondary N) is 1. The number of hydrogen-bond acceptors (Lipinski definition) is 5. The Bertz CT molecular complexity index is 1110. The number of aromatic nitrogens is 1. The van der Waals surface area contributed by atoms with Crippen molar-refractivity contribution in [3.63, 3.8) is 0 Å². The van der Waals surface area contributed by atoms with Crippen molar-refractivity contribution in [3.05, 3.63) is 53.1 Å². The van der Waals surface area contributed by atoms with Crippen molar-refractivity contribution in [2.75, 3.05) is 43.4 Å². The zero-order valence-corrected chi connectivity index (χ0v) is 16.5. The number of nitrogens with zero attached hydrogens (tertiary/aromatic N) is 3. The van der Waals surface area contributed by atoms with Gasteiger partial charge in [-0.1, -0.05) is 23.3 Å². The monoisotopic (exact) mass is 412 g/mol. The van der Waals surface area contributed by atoms with E-state index in [0.717, 1.165) is 17.8 Å². The third-order valence-electron chi connectivity index (χ3n) is 4.92. The quantitative estimate of drug-likeness (QED) is 0.669. The molecule has 1 amide bonds. The second-order valence-corrected chi connectivity index (χ2v) is 7.88. The summed E-state index contributed by atoms with van der Waals surface area (Å²) in [6, 6.07) is 7.76. The van der Waals surface area contributed by atoms with E-state index in [1.807, 2.05) is 18.0 Å². The third-order valence-corrected chi connectivity index (χ3v) is 5.85. The predicted molar refractivity (Wildman–Crippen MR) is 112 cm³/mol. The van der Waals surface area contributed by atoms with Gasteiger partial charge in [-0.3, -0.25) is 10.1 Å². The van der Waals surface area contributed by atoms with Crippen molar-refractivity contribution in [2.45, 2.75) is 0 Å². The molecule has 148 valence electrons. The number of rotatable bonds is 3. The van der Waals surface area contributed by atoms with Crippen molar-refractivity contribution >= 4 is 38.3 Å². The molecule has 1 fully saturated rings. The summed E-state index contributed by atoms with van der Waals surface area (Å²) < 4.78 is 30.1. The smallest absolute Gasteiger partial charge is 0.263 e. The lowest BCUT2D eigenvalue weighted by molar-refractivity contribution is 0.101. The fourth-order valence-corrected chi connectivity index (χ4v) is 4.19. The highest BCUT2D eigenvalue weighted by Crippen LogP contribution is 2.29. The highest BCUT2D eigenvalue weighted by Gasteiger charge is 2.23. The fraction of sp³-hybridized carbons (Fsp3) is 0.238. The average Bonchev–Trinajstić information content (AvgIpc) is 3.10. The van der Waals surface area contributed by atoms with Gasteiger partial charge in [0.2, 0.25) is 0 Å². The van der Waals surface area contributed by atoms with Crippen molar-refractivity contribution < 1.29 is 13.6 Å². The summed E-state index contributed by atoms with van der Waals surface area (Å²) in [6.45, 7) is 2.96. The largest absolute Gasteiger partial charge is 0.369 e. The summed E-state index contributed by atoms with van der Waals surface area (Å²) in [6.07, 6.45) is 5.46. The molecule has 0 radical (unpaired) electrons. The molecule has 4 rings (SSSR count). The van der Waals surface area contributed by atoms with E-state index in [-0.39, 0.29) is 5.13 Å². The number of halogens is 2. The Morgan fingerprint density at radius 3 is 2.55 bits per heavy atom. The Morgan fingerprint density at radius 1 is 1.21 bits per heavy atom. The molecular weight excluding hydrogens is 394 g/mol. The number of piperazine rings is 1. The van der Waals surface area contributed by atoms with E-state index in [2.05, 4.69) is 21.1 Å². The summed E-state index contributed by atoms with van der Waals surface area (Å²) in [5, 5.41) is 2.72. The summed E-state index contributed by atoms with van der Waals surface area (Å²) in [5.74, 6) is -0.155. The van der Waals surface area contributed by atoms with E-state index in [0.29, 0.717) is 29.9 Å². The number of terminal acetylenes is 1. The minimum Gasteiger partial charge on any atom is -0.369 e. The van der Waals surface area contributed by atoms with E-state index in [1.54, 1.807) is 12.1 Å². The lowest BCUT2D eigenvalue weighted by Gasteiger charge is -2.34. The van der Waals surface area contributed by atoms with Crippen LogP contribution in [0.25, 0.3) is 10.2 Å². The van der Waals surface area contributed by atoms with Crippen LogP contribution < -0.4 is 10.2 Å². The maximum atomic E-state index is 14.6. The Balaban J connectivity index is 1.58. The molecule has 0 aliphatic carbocycles. The van der Waals surface area contributed by atoms with Crippen LogP contribution in [0.4, 0.5) is 19.6 Å². The van der Waals surface area contributed by atoms with E-state index in [1.165, 1.54) is 23.5 Å². The molecular formula is C21H18F2N4OS. The number of benzene rings is 2. The van der Waals surface area contributed by atoms with Gasteiger partial charge in [0.15, 0.2) is 5.13 Å². The normalized spacial score (nSPS) is 14.8. The highest BCUT2D eigenvalue weighted by molar-refractivity contribution is 7.22. The van der Waals surface area contributed by atoms with Crippen molar-refractivity contribution in [3.8, 4) is 12.3 Å². The molecule has 0 saturated carbocycles. The first-order valence-corrected chi connectivity index (χ1v) is 9.88. The molecule has 3 aromatic rings. The van der Waals surface area contributed by atoms with Crippen molar-refractivity contribution in [1.82, 2.24) is 9.88 Å². The predicted octanol–water partition coefficient (Wildman–Crippen LogP) is 3.56. The van der Waals surface area contributed by atoms with Gasteiger partial charge in [0, 0.05) is 31.9 Å². The van der Waals surface area contributed by atoms with E-state index >= 15 is 0 Å². The number of likely N-dealkylation sites (N-methyl/N-ethyl adjacent to an activating group) is 1. The molecule has 2 heterocycles. The minimum atomic E-state index is -0.901. The van der Waals surface area contributed by atoms with Crippen molar-refractivity contribution in [2.24, 2.45) is 0 Å². The number of hydrogen-bond donors (Lipinski definition) is 1. The van der Waals surface area contributed by atoms with E-state index in [9.17, 15) is 13.6 Å². The molecule has 29 heavy (non-hydrogen) atoms. The second-order valence-electron chi connectivity index (χ2n) is 6.84. The molecule has 0 unspecified atom stereocenters. The van der Waals surface area contributed by atoms with Gasteiger partial charge < -0.3 is 9.80 Å². The molecule has 2 aromatic carbocycles. The number of amides is 1. The van der Waals surface area contributed by atoms with Crippen LogP contribution >= 0.6 is 11.3 Å². The summed E-state index contributed by atoms with van der Waals surface area (Å²) >= 11 is 1.19. The molecule has 0 atom stereocenters. The zero-order chi connectivity index (χ0) is 20.5. The molecule has 1 saturated heterocycles. The number of carbonyl (C=O) groups excluding carboxylic acids is 1. The van der Waals surface area contributed by atoms with E-state index in [4.69, 9.17) is 6.42 Å². The maximum absolute atomic E-state index is 14.6. The zero-order valence-electron chi connectivity index (χ0n) is 15.7. The van der Waals surface area contributed by atoms with Crippen LogP contribution in [-0.4, -0.2) is 49.0 Å². The second kappa shape index (κ2) is 7.78. The molecule has 1 aliphatic heterocycles. The first-order chi connectivity index (χ1) is 14.0. The Kier molecular flexibility index (Phi) is 5.18. The SMILES string of the molecule is C#Cc1cccc2sc(NC(=O)c3c(F)cc(N4CCN(C)CC4)cc3F)nc12. The van der Waals surface area contributed by atoms with Crippen LogP contribution in [0.5, 0.6) is 0 Å². The lowest BCUT2D eigenvalue weighted by Crippen LogP contribution is -2.44. The van der Waals surface area contributed by atoms with Gasteiger partial charge in [-0.2, -0.15) is 0 Å².